The van der Waals surface area contributed by atoms with Crippen LogP contribution in [0.1, 0.15) is 28.8 Å². The van der Waals surface area contributed by atoms with Gasteiger partial charge in [0.25, 0.3) is 0 Å². The van der Waals surface area contributed by atoms with Crippen molar-refractivity contribution in [2.75, 3.05) is 25.1 Å². The summed E-state index contributed by atoms with van der Waals surface area (Å²) in [5, 5.41) is 8.78. The van der Waals surface area contributed by atoms with Gasteiger partial charge in [-0.1, -0.05) is 13.0 Å². The maximum Gasteiger partial charge on any atom is 0.338 e. The zero-order valence-electron chi connectivity index (χ0n) is 9.93. The number of carbonyl (C=O) groups is 1. The van der Waals surface area contributed by atoms with E-state index in [1.807, 2.05) is 17.0 Å². The van der Waals surface area contributed by atoms with Gasteiger partial charge in [0.15, 0.2) is 0 Å². The van der Waals surface area contributed by atoms with Crippen molar-refractivity contribution in [2.45, 2.75) is 12.8 Å². The van der Waals surface area contributed by atoms with E-state index in [2.05, 4.69) is 13.0 Å². The molecule has 1 atom stereocenters. The Bertz CT molecular complexity index is 491. The van der Waals surface area contributed by atoms with Gasteiger partial charge in [-0.15, -0.1) is 0 Å². The first-order chi connectivity index (χ1) is 8.19. The van der Waals surface area contributed by atoms with Gasteiger partial charge in [0.1, 0.15) is 6.54 Å². The predicted octanol–water partition coefficient (Wildman–Crippen LogP) is 1.92. The zero-order chi connectivity index (χ0) is 12.4. The van der Waals surface area contributed by atoms with Crippen LogP contribution in [0.2, 0.25) is 0 Å². The number of carbonyl (C=O) groups excluding carboxylic acids is 1. The van der Waals surface area contributed by atoms with Crippen LogP contribution in [0.15, 0.2) is 18.2 Å². The van der Waals surface area contributed by atoms with E-state index in [9.17, 15) is 4.79 Å². The molecule has 0 aromatic heterocycles. The molecule has 1 aliphatic rings. The molecular weight excluding hydrogens is 216 g/mol. The third-order valence-electron chi connectivity index (χ3n) is 3.08. The molecule has 1 aromatic carbocycles. The molecule has 0 saturated carbocycles. The van der Waals surface area contributed by atoms with Crippen LogP contribution in [-0.4, -0.2) is 26.2 Å². The van der Waals surface area contributed by atoms with E-state index in [0.717, 1.165) is 17.8 Å². The molecule has 17 heavy (non-hydrogen) atoms. The average molecular weight is 230 g/mol. The Balaban J connectivity index is 2.49. The predicted molar refractivity (Wildman–Crippen MR) is 64.0 cm³/mol. The van der Waals surface area contributed by atoms with Gasteiger partial charge in [-0.3, -0.25) is 0 Å². The number of ether oxygens (including phenoxy) is 1. The van der Waals surface area contributed by atoms with Gasteiger partial charge in [-0.2, -0.15) is 5.26 Å². The van der Waals surface area contributed by atoms with E-state index in [-0.39, 0.29) is 11.9 Å². The summed E-state index contributed by atoms with van der Waals surface area (Å²) < 4.78 is 4.78. The highest BCUT2D eigenvalue weighted by Gasteiger charge is 2.29. The molecule has 0 saturated heterocycles. The van der Waals surface area contributed by atoms with Gasteiger partial charge in [0.05, 0.1) is 18.7 Å². The SMILES string of the molecule is COC(=O)c1cccc2c1[C@@H](C)CN2CC#N. The van der Waals surface area contributed by atoms with E-state index < -0.39 is 0 Å². The Kier molecular flexibility index (Phi) is 3.01. The first-order valence-corrected chi connectivity index (χ1v) is 5.52. The molecule has 0 fully saturated rings. The lowest BCUT2D eigenvalue weighted by atomic mass is 9.97. The number of nitriles is 1. The van der Waals surface area contributed by atoms with E-state index >= 15 is 0 Å². The summed E-state index contributed by atoms with van der Waals surface area (Å²) in [4.78, 5) is 13.7. The third-order valence-corrected chi connectivity index (χ3v) is 3.08. The minimum atomic E-state index is -0.312. The summed E-state index contributed by atoms with van der Waals surface area (Å²) in [6.07, 6.45) is 0. The fourth-order valence-electron chi connectivity index (χ4n) is 2.39. The summed E-state index contributed by atoms with van der Waals surface area (Å²) in [5.74, 6) is -0.0684. The van der Waals surface area contributed by atoms with E-state index in [4.69, 9.17) is 10.00 Å². The summed E-state index contributed by atoms with van der Waals surface area (Å²) >= 11 is 0. The number of fused-ring (bicyclic) bond motifs is 1. The fourth-order valence-corrected chi connectivity index (χ4v) is 2.39. The average Bonchev–Trinajstić information content (AvgIpc) is 2.66. The quantitative estimate of drug-likeness (QED) is 0.575. The van der Waals surface area contributed by atoms with Crippen molar-refractivity contribution < 1.29 is 9.53 Å². The van der Waals surface area contributed by atoms with Crippen LogP contribution in [0.4, 0.5) is 5.69 Å². The Morgan fingerprint density at radius 3 is 3.06 bits per heavy atom. The zero-order valence-corrected chi connectivity index (χ0v) is 9.93. The Morgan fingerprint density at radius 2 is 2.41 bits per heavy atom. The van der Waals surface area contributed by atoms with Crippen LogP contribution in [0.25, 0.3) is 0 Å². The molecule has 1 aliphatic heterocycles. The summed E-state index contributed by atoms with van der Waals surface area (Å²) in [6.45, 7) is 3.18. The summed E-state index contributed by atoms with van der Waals surface area (Å²) in [5.41, 5.74) is 2.58. The minimum absolute atomic E-state index is 0.244. The molecule has 0 amide bonds. The molecule has 0 radical (unpaired) electrons. The lowest BCUT2D eigenvalue weighted by Gasteiger charge is -2.15. The highest BCUT2D eigenvalue weighted by atomic mass is 16.5. The summed E-state index contributed by atoms with van der Waals surface area (Å²) in [6, 6.07) is 7.69. The van der Waals surface area contributed by atoms with Gasteiger partial charge in [0.2, 0.25) is 0 Å². The first kappa shape index (κ1) is 11.5. The van der Waals surface area contributed by atoms with Crippen molar-refractivity contribution in [2.24, 2.45) is 0 Å². The van der Waals surface area contributed by atoms with Crippen LogP contribution >= 0.6 is 0 Å². The van der Waals surface area contributed by atoms with Crippen molar-refractivity contribution >= 4 is 11.7 Å². The first-order valence-electron chi connectivity index (χ1n) is 5.52. The molecule has 0 bridgehead atoms. The maximum atomic E-state index is 11.7. The second-order valence-electron chi connectivity index (χ2n) is 4.17. The highest BCUT2D eigenvalue weighted by Crippen LogP contribution is 2.38. The van der Waals surface area contributed by atoms with Crippen LogP contribution in [0.5, 0.6) is 0 Å². The Hall–Kier alpha value is -2.02. The summed E-state index contributed by atoms with van der Waals surface area (Å²) in [7, 11) is 1.38. The van der Waals surface area contributed by atoms with Crippen LogP contribution < -0.4 is 4.90 Å². The second kappa shape index (κ2) is 4.46. The Morgan fingerprint density at radius 1 is 1.65 bits per heavy atom. The number of methoxy groups -OCH3 is 1. The monoisotopic (exact) mass is 230 g/mol. The normalized spacial score (nSPS) is 17.5. The van der Waals surface area contributed by atoms with Crippen molar-refractivity contribution in [3.05, 3.63) is 29.3 Å². The number of hydrogen-bond acceptors (Lipinski definition) is 4. The van der Waals surface area contributed by atoms with Crippen molar-refractivity contribution in [1.29, 1.82) is 5.26 Å². The van der Waals surface area contributed by atoms with Gasteiger partial charge >= 0.3 is 5.97 Å². The fraction of sp³-hybridized carbons (Fsp3) is 0.385. The van der Waals surface area contributed by atoms with Crippen molar-refractivity contribution in [1.82, 2.24) is 0 Å². The van der Waals surface area contributed by atoms with Crippen LogP contribution in [-0.2, 0) is 4.74 Å². The number of esters is 1. The largest absolute Gasteiger partial charge is 0.465 e. The van der Waals surface area contributed by atoms with Gasteiger partial charge in [-0.05, 0) is 17.7 Å². The van der Waals surface area contributed by atoms with Crippen LogP contribution in [0.3, 0.4) is 0 Å². The van der Waals surface area contributed by atoms with E-state index in [1.165, 1.54) is 7.11 Å². The molecule has 4 heteroatoms. The lowest BCUT2D eigenvalue weighted by molar-refractivity contribution is 0.0599. The molecule has 0 unspecified atom stereocenters. The number of nitrogens with zero attached hydrogens (tertiary/aromatic N) is 2. The minimum Gasteiger partial charge on any atom is -0.465 e. The third kappa shape index (κ3) is 1.84. The molecular formula is C13H14N2O2. The molecule has 2 rings (SSSR count). The van der Waals surface area contributed by atoms with Gasteiger partial charge in [-0.25, -0.2) is 4.79 Å². The topological polar surface area (TPSA) is 53.3 Å². The molecule has 0 N–H and O–H groups in total. The van der Waals surface area contributed by atoms with Crippen molar-refractivity contribution in [3.63, 3.8) is 0 Å². The van der Waals surface area contributed by atoms with Crippen LogP contribution in [0, 0.1) is 11.3 Å². The van der Waals surface area contributed by atoms with Gasteiger partial charge in [0, 0.05) is 18.2 Å². The van der Waals surface area contributed by atoms with Crippen molar-refractivity contribution in [3.8, 4) is 6.07 Å². The molecule has 1 heterocycles. The number of hydrogen-bond donors (Lipinski definition) is 0. The second-order valence-corrected chi connectivity index (χ2v) is 4.17. The highest BCUT2D eigenvalue weighted by molar-refractivity contribution is 5.94. The molecule has 88 valence electrons. The number of rotatable bonds is 2. The molecule has 1 aromatic rings. The van der Waals surface area contributed by atoms with E-state index in [0.29, 0.717) is 12.1 Å². The molecule has 0 aliphatic carbocycles. The van der Waals surface area contributed by atoms with Gasteiger partial charge < -0.3 is 9.64 Å². The maximum absolute atomic E-state index is 11.7. The van der Waals surface area contributed by atoms with E-state index in [1.54, 1.807) is 6.07 Å². The molecule has 4 nitrogen and oxygen atoms in total. The molecule has 0 spiro atoms. The number of benzene rings is 1. The smallest absolute Gasteiger partial charge is 0.338 e. The standard InChI is InChI=1S/C13H14N2O2/c1-9-8-15(7-6-14)11-5-3-4-10(12(9)11)13(16)17-2/h3-5,9H,7-8H2,1-2H3/t9-/m0/s1. The lowest BCUT2D eigenvalue weighted by Crippen LogP contribution is -2.21. The number of anilines is 1. The Labute approximate surface area is 100 Å².